The second-order valence-corrected chi connectivity index (χ2v) is 8.25. The van der Waals surface area contributed by atoms with Crippen LogP contribution in [-0.4, -0.2) is 19.8 Å². The molecule has 0 radical (unpaired) electrons. The second-order valence-electron chi connectivity index (χ2n) is 4.46. The quantitative estimate of drug-likeness (QED) is 0.721. The van der Waals surface area contributed by atoms with Crippen molar-refractivity contribution in [1.82, 2.24) is 4.31 Å². The number of hydrogen-bond donors (Lipinski definition) is 0. The van der Waals surface area contributed by atoms with E-state index in [-0.39, 0.29) is 17.3 Å². The minimum Gasteiger partial charge on any atom is -0.207 e. The molecule has 112 valence electrons. The van der Waals surface area contributed by atoms with Gasteiger partial charge in [-0.25, -0.2) is 12.8 Å². The van der Waals surface area contributed by atoms with Crippen molar-refractivity contribution in [1.29, 1.82) is 0 Å². The van der Waals surface area contributed by atoms with Crippen LogP contribution in [0.25, 0.3) is 0 Å². The lowest BCUT2D eigenvalue weighted by atomic mass is 10.2. The summed E-state index contributed by atoms with van der Waals surface area (Å²) in [7, 11) is -2.15. The van der Waals surface area contributed by atoms with Crippen molar-refractivity contribution in [2.24, 2.45) is 0 Å². The van der Waals surface area contributed by atoms with Crippen molar-refractivity contribution < 1.29 is 12.8 Å². The lowest BCUT2D eigenvalue weighted by molar-refractivity contribution is 0.466. The molecule has 7 heteroatoms. The number of sulfonamides is 1. The van der Waals surface area contributed by atoms with Gasteiger partial charge < -0.3 is 0 Å². The van der Waals surface area contributed by atoms with E-state index in [1.807, 2.05) is 0 Å². The molecular formula is C14H12Br2FNO2S. The van der Waals surface area contributed by atoms with Gasteiger partial charge in [0.05, 0.1) is 4.90 Å². The molecule has 2 rings (SSSR count). The lowest BCUT2D eigenvalue weighted by Gasteiger charge is -2.18. The molecule has 0 aromatic heterocycles. The zero-order chi connectivity index (χ0) is 15.6. The average Bonchev–Trinajstić information content (AvgIpc) is 2.43. The number of benzene rings is 2. The standard InChI is InChI=1S/C14H12Br2FNO2S/c1-18(9-10-2-5-12(17)6-3-10)21(19,20)14-8-11(15)4-7-13(14)16/h2-8H,9H2,1H3. The first-order valence-corrected chi connectivity index (χ1v) is 8.99. The molecule has 0 aliphatic heterocycles. The molecule has 0 amide bonds. The van der Waals surface area contributed by atoms with E-state index in [0.717, 1.165) is 0 Å². The molecule has 2 aromatic carbocycles. The molecule has 0 spiro atoms. The van der Waals surface area contributed by atoms with Crippen LogP contribution in [0.5, 0.6) is 0 Å². The van der Waals surface area contributed by atoms with Gasteiger partial charge in [-0.15, -0.1) is 0 Å². The number of halogens is 3. The molecule has 0 heterocycles. The average molecular weight is 437 g/mol. The zero-order valence-electron chi connectivity index (χ0n) is 11.1. The van der Waals surface area contributed by atoms with Crippen LogP contribution in [0.1, 0.15) is 5.56 Å². The van der Waals surface area contributed by atoms with Crippen LogP contribution < -0.4 is 0 Å². The summed E-state index contributed by atoms with van der Waals surface area (Å²) in [5.41, 5.74) is 0.716. The fourth-order valence-electron chi connectivity index (χ4n) is 1.77. The third kappa shape index (κ3) is 3.91. The zero-order valence-corrected chi connectivity index (χ0v) is 15.0. The maximum atomic E-state index is 12.9. The van der Waals surface area contributed by atoms with Crippen LogP contribution in [-0.2, 0) is 16.6 Å². The molecule has 0 aliphatic rings. The topological polar surface area (TPSA) is 37.4 Å². The van der Waals surface area contributed by atoms with Crippen LogP contribution in [0.15, 0.2) is 56.3 Å². The van der Waals surface area contributed by atoms with Gasteiger partial charge in [0, 0.05) is 22.5 Å². The first-order valence-electron chi connectivity index (χ1n) is 5.96. The Morgan fingerprint density at radius 3 is 2.33 bits per heavy atom. The van der Waals surface area contributed by atoms with Gasteiger partial charge in [-0.1, -0.05) is 28.1 Å². The van der Waals surface area contributed by atoms with Crippen molar-refractivity contribution in [3.8, 4) is 0 Å². The molecule has 0 aliphatic carbocycles. The third-order valence-corrected chi connectivity index (χ3v) is 6.19. The fraction of sp³-hybridized carbons (Fsp3) is 0.143. The predicted molar refractivity (Wildman–Crippen MR) is 86.9 cm³/mol. The molecule has 0 bridgehead atoms. The Balaban J connectivity index is 2.30. The number of hydrogen-bond acceptors (Lipinski definition) is 2. The summed E-state index contributed by atoms with van der Waals surface area (Å²) in [6.45, 7) is 0.168. The van der Waals surface area contributed by atoms with E-state index in [9.17, 15) is 12.8 Å². The summed E-state index contributed by atoms with van der Waals surface area (Å²) in [5, 5.41) is 0. The smallest absolute Gasteiger partial charge is 0.207 e. The van der Waals surface area contributed by atoms with Gasteiger partial charge in [0.25, 0.3) is 0 Å². The Morgan fingerprint density at radius 1 is 1.10 bits per heavy atom. The summed E-state index contributed by atoms with van der Waals surface area (Å²) in [6, 6.07) is 10.7. The molecule has 0 N–H and O–H groups in total. The minimum absolute atomic E-state index is 0.168. The van der Waals surface area contributed by atoms with Crippen LogP contribution in [0, 0.1) is 5.82 Å². The highest BCUT2D eigenvalue weighted by molar-refractivity contribution is 9.11. The predicted octanol–water partition coefficient (Wildman–Crippen LogP) is 4.17. The minimum atomic E-state index is -3.64. The van der Waals surface area contributed by atoms with Gasteiger partial charge in [0.2, 0.25) is 10.0 Å². The Kier molecular flexibility index (Phi) is 5.19. The van der Waals surface area contributed by atoms with Crippen molar-refractivity contribution >= 4 is 41.9 Å². The Hall–Kier alpha value is -0.760. The van der Waals surface area contributed by atoms with Crippen molar-refractivity contribution in [3.05, 3.63) is 62.8 Å². The molecule has 3 nitrogen and oxygen atoms in total. The SMILES string of the molecule is CN(Cc1ccc(F)cc1)S(=O)(=O)c1cc(Br)ccc1Br. The highest BCUT2D eigenvalue weighted by Gasteiger charge is 2.23. The van der Waals surface area contributed by atoms with E-state index in [1.54, 1.807) is 30.3 Å². The summed E-state index contributed by atoms with van der Waals surface area (Å²) < 4.78 is 40.4. The van der Waals surface area contributed by atoms with E-state index >= 15 is 0 Å². The van der Waals surface area contributed by atoms with Crippen molar-refractivity contribution in [3.63, 3.8) is 0 Å². The van der Waals surface area contributed by atoms with Gasteiger partial charge in [-0.3, -0.25) is 0 Å². The summed E-state index contributed by atoms with van der Waals surface area (Å²) in [6.07, 6.45) is 0. The number of nitrogens with zero attached hydrogens (tertiary/aromatic N) is 1. The van der Waals surface area contributed by atoms with Crippen LogP contribution in [0.2, 0.25) is 0 Å². The molecule has 0 saturated heterocycles. The van der Waals surface area contributed by atoms with Gasteiger partial charge in [-0.2, -0.15) is 4.31 Å². The first-order chi connectivity index (χ1) is 9.80. The normalized spacial score (nSPS) is 11.9. The van der Waals surface area contributed by atoms with E-state index < -0.39 is 10.0 Å². The molecule has 2 aromatic rings. The largest absolute Gasteiger partial charge is 0.244 e. The Morgan fingerprint density at radius 2 is 1.71 bits per heavy atom. The van der Waals surface area contributed by atoms with Crippen molar-refractivity contribution in [2.45, 2.75) is 11.4 Å². The highest BCUT2D eigenvalue weighted by Crippen LogP contribution is 2.28. The summed E-state index contributed by atoms with van der Waals surface area (Å²) >= 11 is 6.52. The van der Waals surface area contributed by atoms with Crippen molar-refractivity contribution in [2.75, 3.05) is 7.05 Å². The number of rotatable bonds is 4. The van der Waals surface area contributed by atoms with Gasteiger partial charge in [0.1, 0.15) is 5.82 Å². The fourth-order valence-corrected chi connectivity index (χ4v) is 4.39. The van der Waals surface area contributed by atoms with Gasteiger partial charge in [-0.05, 0) is 51.8 Å². The highest BCUT2D eigenvalue weighted by atomic mass is 79.9. The summed E-state index contributed by atoms with van der Waals surface area (Å²) in [5.74, 6) is -0.348. The Bertz CT molecular complexity index is 748. The summed E-state index contributed by atoms with van der Waals surface area (Å²) in [4.78, 5) is 0.182. The monoisotopic (exact) mass is 435 g/mol. The third-order valence-electron chi connectivity index (χ3n) is 2.90. The molecule has 0 fully saturated rings. The lowest BCUT2D eigenvalue weighted by Crippen LogP contribution is -2.26. The van der Waals surface area contributed by atoms with Crippen LogP contribution >= 0.6 is 31.9 Å². The second kappa shape index (κ2) is 6.56. The van der Waals surface area contributed by atoms with E-state index in [1.165, 1.54) is 23.5 Å². The van der Waals surface area contributed by atoms with Gasteiger partial charge in [0.15, 0.2) is 0 Å². The maximum absolute atomic E-state index is 12.9. The molecule has 0 unspecified atom stereocenters. The molecular weight excluding hydrogens is 425 g/mol. The first kappa shape index (κ1) is 16.6. The van der Waals surface area contributed by atoms with Gasteiger partial charge >= 0.3 is 0 Å². The maximum Gasteiger partial charge on any atom is 0.244 e. The van der Waals surface area contributed by atoms with E-state index in [0.29, 0.717) is 14.5 Å². The molecule has 0 atom stereocenters. The molecule has 0 saturated carbocycles. The van der Waals surface area contributed by atoms with Crippen LogP contribution in [0.4, 0.5) is 4.39 Å². The molecule has 21 heavy (non-hydrogen) atoms. The van der Waals surface area contributed by atoms with E-state index in [4.69, 9.17) is 0 Å². The van der Waals surface area contributed by atoms with E-state index in [2.05, 4.69) is 31.9 Å². The van der Waals surface area contributed by atoms with Crippen LogP contribution in [0.3, 0.4) is 0 Å². The Labute approximate surface area is 140 Å².